The largest absolute Gasteiger partial charge is 0.493 e. The molecule has 0 atom stereocenters. The lowest BCUT2D eigenvalue weighted by Crippen LogP contribution is -2.06. The van der Waals surface area contributed by atoms with Gasteiger partial charge in [-0.05, 0) is 43.0 Å². The van der Waals surface area contributed by atoms with Gasteiger partial charge in [-0.15, -0.1) is 6.58 Å². The van der Waals surface area contributed by atoms with Gasteiger partial charge in [0, 0.05) is 10.9 Å². The van der Waals surface area contributed by atoms with Gasteiger partial charge in [0.25, 0.3) is 0 Å². The number of aliphatic hydroxyl groups is 1. The molecular weight excluding hydrogens is 344 g/mol. The van der Waals surface area contributed by atoms with Crippen LogP contribution in [-0.2, 0) is 6.42 Å². The van der Waals surface area contributed by atoms with Gasteiger partial charge < -0.3 is 9.84 Å². The van der Waals surface area contributed by atoms with Crippen LogP contribution >= 0.6 is 15.9 Å². The molecule has 1 aromatic rings. The normalized spacial score (nSPS) is 10.5. The average molecular weight is 369 g/mol. The SMILES string of the molecule is C=CCc1cc(C(=O)CO)ccc1OCCCCCCCBr. The van der Waals surface area contributed by atoms with Gasteiger partial charge in [-0.25, -0.2) is 0 Å². The monoisotopic (exact) mass is 368 g/mol. The van der Waals surface area contributed by atoms with Crippen LogP contribution in [0.3, 0.4) is 0 Å². The van der Waals surface area contributed by atoms with Gasteiger partial charge in [0.15, 0.2) is 5.78 Å². The topological polar surface area (TPSA) is 46.5 Å². The number of halogens is 1. The Morgan fingerprint density at radius 1 is 1.23 bits per heavy atom. The first-order valence-corrected chi connectivity index (χ1v) is 8.91. The van der Waals surface area contributed by atoms with E-state index in [0.29, 0.717) is 18.6 Å². The van der Waals surface area contributed by atoms with E-state index in [1.54, 1.807) is 18.2 Å². The molecule has 0 bridgehead atoms. The van der Waals surface area contributed by atoms with Crippen molar-refractivity contribution in [2.75, 3.05) is 18.5 Å². The Hall–Kier alpha value is -1.13. The van der Waals surface area contributed by atoms with Crippen LogP contribution in [0.2, 0.25) is 0 Å². The first-order chi connectivity index (χ1) is 10.7. The van der Waals surface area contributed by atoms with Crippen LogP contribution in [-0.4, -0.2) is 29.4 Å². The molecule has 0 saturated carbocycles. The Morgan fingerprint density at radius 2 is 1.95 bits per heavy atom. The third kappa shape index (κ3) is 6.75. The van der Waals surface area contributed by atoms with E-state index >= 15 is 0 Å². The zero-order valence-corrected chi connectivity index (χ0v) is 14.6. The highest BCUT2D eigenvalue weighted by Crippen LogP contribution is 2.22. The van der Waals surface area contributed by atoms with E-state index in [9.17, 15) is 4.79 Å². The zero-order valence-electron chi connectivity index (χ0n) is 13.0. The van der Waals surface area contributed by atoms with Crippen molar-refractivity contribution in [3.63, 3.8) is 0 Å². The maximum Gasteiger partial charge on any atom is 0.188 e. The van der Waals surface area contributed by atoms with Gasteiger partial charge in [0.1, 0.15) is 12.4 Å². The van der Waals surface area contributed by atoms with Crippen LogP contribution in [0.5, 0.6) is 5.75 Å². The van der Waals surface area contributed by atoms with Crippen molar-refractivity contribution >= 4 is 21.7 Å². The summed E-state index contributed by atoms with van der Waals surface area (Å²) in [5.41, 5.74) is 1.45. The third-order valence-electron chi connectivity index (χ3n) is 3.43. The second-order valence-corrected chi connectivity index (χ2v) is 5.99. The lowest BCUT2D eigenvalue weighted by Gasteiger charge is -2.12. The molecule has 0 spiro atoms. The Kier molecular flexibility index (Phi) is 9.84. The fourth-order valence-electron chi connectivity index (χ4n) is 2.21. The van der Waals surface area contributed by atoms with Gasteiger partial charge in [0.05, 0.1) is 6.61 Å². The van der Waals surface area contributed by atoms with E-state index < -0.39 is 6.61 Å². The Bertz CT molecular complexity index is 471. The maximum absolute atomic E-state index is 11.5. The zero-order chi connectivity index (χ0) is 16.2. The molecule has 0 aliphatic carbocycles. The van der Waals surface area contributed by atoms with Gasteiger partial charge in [0.2, 0.25) is 0 Å². The van der Waals surface area contributed by atoms with Crippen LogP contribution in [0, 0.1) is 0 Å². The molecule has 3 nitrogen and oxygen atoms in total. The molecule has 0 fully saturated rings. The van der Waals surface area contributed by atoms with E-state index in [2.05, 4.69) is 22.5 Å². The van der Waals surface area contributed by atoms with Crippen molar-refractivity contribution in [2.45, 2.75) is 38.5 Å². The van der Waals surface area contributed by atoms with Crippen LogP contribution in [0.25, 0.3) is 0 Å². The minimum Gasteiger partial charge on any atom is -0.493 e. The summed E-state index contributed by atoms with van der Waals surface area (Å²) in [6, 6.07) is 5.30. The van der Waals surface area contributed by atoms with Gasteiger partial charge in [-0.2, -0.15) is 0 Å². The summed E-state index contributed by atoms with van der Waals surface area (Å²) in [6.07, 6.45) is 8.36. The molecule has 1 N–H and O–H groups in total. The van der Waals surface area contributed by atoms with E-state index in [1.807, 2.05) is 6.07 Å². The van der Waals surface area contributed by atoms with Gasteiger partial charge >= 0.3 is 0 Å². The number of carbonyl (C=O) groups excluding carboxylic acids is 1. The summed E-state index contributed by atoms with van der Waals surface area (Å²) in [4.78, 5) is 11.5. The minimum absolute atomic E-state index is 0.274. The number of Topliss-reactive ketones (excluding diaryl/α,β-unsaturated/α-hetero) is 1. The number of unbranched alkanes of at least 4 members (excludes halogenated alkanes) is 4. The second-order valence-electron chi connectivity index (χ2n) is 5.20. The number of allylic oxidation sites excluding steroid dienone is 1. The van der Waals surface area contributed by atoms with Crippen molar-refractivity contribution in [1.82, 2.24) is 0 Å². The molecule has 0 aliphatic rings. The summed E-state index contributed by atoms with van der Waals surface area (Å²) < 4.78 is 5.83. The molecule has 0 saturated heterocycles. The van der Waals surface area contributed by atoms with E-state index in [4.69, 9.17) is 9.84 Å². The van der Waals surface area contributed by atoms with Crippen molar-refractivity contribution < 1.29 is 14.6 Å². The maximum atomic E-state index is 11.5. The van der Waals surface area contributed by atoms with Crippen LogP contribution in [0.4, 0.5) is 0 Å². The summed E-state index contributed by atoms with van der Waals surface area (Å²) >= 11 is 3.43. The number of benzene rings is 1. The van der Waals surface area contributed by atoms with Crippen molar-refractivity contribution in [2.24, 2.45) is 0 Å². The number of hydrogen-bond donors (Lipinski definition) is 1. The molecule has 122 valence electrons. The lowest BCUT2D eigenvalue weighted by molar-refractivity contribution is 0.0903. The quantitative estimate of drug-likeness (QED) is 0.258. The third-order valence-corrected chi connectivity index (χ3v) is 3.99. The molecule has 0 amide bonds. The molecule has 1 aromatic carbocycles. The molecule has 0 aliphatic heterocycles. The van der Waals surface area contributed by atoms with Gasteiger partial charge in [-0.1, -0.05) is 41.3 Å². The number of hydrogen-bond acceptors (Lipinski definition) is 3. The Labute approximate surface area is 141 Å². The summed E-state index contributed by atoms with van der Waals surface area (Å²) in [7, 11) is 0. The number of aliphatic hydroxyl groups excluding tert-OH is 1. The smallest absolute Gasteiger partial charge is 0.188 e. The van der Waals surface area contributed by atoms with Crippen molar-refractivity contribution in [3.05, 3.63) is 42.0 Å². The van der Waals surface area contributed by atoms with Crippen LogP contribution in [0.15, 0.2) is 30.9 Å². The highest BCUT2D eigenvalue weighted by Gasteiger charge is 2.09. The fourth-order valence-corrected chi connectivity index (χ4v) is 2.61. The summed E-state index contributed by atoms with van der Waals surface area (Å²) in [6.45, 7) is 3.95. The highest BCUT2D eigenvalue weighted by atomic mass is 79.9. The average Bonchev–Trinajstić information content (AvgIpc) is 2.54. The van der Waals surface area contributed by atoms with Crippen LogP contribution < -0.4 is 4.74 Å². The molecule has 0 unspecified atom stereocenters. The molecule has 22 heavy (non-hydrogen) atoms. The molecule has 0 heterocycles. The predicted octanol–water partition coefficient (Wildman–Crippen LogP) is 4.31. The molecule has 0 aromatic heterocycles. The summed E-state index contributed by atoms with van der Waals surface area (Å²) in [5, 5.41) is 10.0. The minimum atomic E-state index is -0.470. The molecule has 0 radical (unpaired) electrons. The summed E-state index contributed by atoms with van der Waals surface area (Å²) in [5.74, 6) is 0.526. The lowest BCUT2D eigenvalue weighted by atomic mass is 10.0. The molecule has 4 heteroatoms. The number of ketones is 1. The molecular formula is C18H25BrO3. The van der Waals surface area contributed by atoms with E-state index in [-0.39, 0.29) is 5.78 Å². The fraction of sp³-hybridized carbons (Fsp3) is 0.500. The van der Waals surface area contributed by atoms with Crippen molar-refractivity contribution in [3.8, 4) is 5.75 Å². The Morgan fingerprint density at radius 3 is 2.64 bits per heavy atom. The number of rotatable bonds is 12. The number of alkyl halides is 1. The first kappa shape index (κ1) is 18.9. The predicted molar refractivity (Wildman–Crippen MR) is 94.1 cm³/mol. The van der Waals surface area contributed by atoms with E-state index in [1.165, 1.54) is 25.7 Å². The number of carbonyl (C=O) groups is 1. The van der Waals surface area contributed by atoms with Crippen molar-refractivity contribution in [1.29, 1.82) is 0 Å². The highest BCUT2D eigenvalue weighted by molar-refractivity contribution is 9.09. The Balaban J connectivity index is 2.51. The van der Waals surface area contributed by atoms with Crippen LogP contribution in [0.1, 0.15) is 48.0 Å². The number of ether oxygens (including phenoxy) is 1. The standard InChI is InChI=1S/C18H25BrO3/c1-2-8-16-13-15(17(21)14-20)9-10-18(16)22-12-7-5-3-4-6-11-19/h2,9-10,13,20H,1,3-8,11-12,14H2. The molecule has 1 rings (SSSR count). The van der Waals surface area contributed by atoms with E-state index in [0.717, 1.165) is 23.1 Å². The van der Waals surface area contributed by atoms with Gasteiger partial charge in [-0.3, -0.25) is 4.79 Å². The first-order valence-electron chi connectivity index (χ1n) is 7.79. The second kappa shape index (κ2) is 11.4.